The number of halogens is 1. The number of thiophene rings is 1. The summed E-state index contributed by atoms with van der Waals surface area (Å²) in [5.74, 6) is 0.466. The second-order valence-corrected chi connectivity index (χ2v) is 10.7. The number of rotatable bonds is 7. The quantitative estimate of drug-likeness (QED) is 0.343. The zero-order valence-electron chi connectivity index (χ0n) is 18.5. The lowest BCUT2D eigenvalue weighted by atomic mass is 10.2. The Morgan fingerprint density at radius 3 is 2.41 bits per heavy atom. The number of sulfonamides is 1. The van der Waals surface area contributed by atoms with E-state index in [1.165, 1.54) is 49.0 Å². The van der Waals surface area contributed by atoms with Gasteiger partial charge in [-0.1, -0.05) is 23.7 Å². The number of anilines is 2. The predicted octanol–water partition coefficient (Wildman–Crippen LogP) is 5.65. The second kappa shape index (κ2) is 9.54. The molecule has 34 heavy (non-hydrogen) atoms. The Morgan fingerprint density at radius 2 is 1.71 bits per heavy atom. The first-order chi connectivity index (χ1) is 16.2. The molecule has 1 heterocycles. The largest absolute Gasteiger partial charge is 0.493 e. The van der Waals surface area contributed by atoms with Gasteiger partial charge in [0.15, 0.2) is 11.5 Å². The molecule has 0 spiro atoms. The van der Waals surface area contributed by atoms with Crippen LogP contribution in [0, 0.1) is 0 Å². The van der Waals surface area contributed by atoms with Crippen LogP contribution in [0.4, 0.5) is 11.4 Å². The minimum atomic E-state index is -3.87. The molecule has 1 aromatic heterocycles. The van der Waals surface area contributed by atoms with E-state index in [1.54, 1.807) is 54.6 Å². The first kappa shape index (κ1) is 23.9. The van der Waals surface area contributed by atoms with Crippen molar-refractivity contribution in [2.45, 2.75) is 4.90 Å². The number of methoxy groups -OCH3 is 2. The Labute approximate surface area is 206 Å². The molecule has 0 fully saturated rings. The van der Waals surface area contributed by atoms with Gasteiger partial charge in [-0.2, -0.15) is 0 Å². The van der Waals surface area contributed by atoms with Crippen LogP contribution in [0.1, 0.15) is 9.67 Å². The summed E-state index contributed by atoms with van der Waals surface area (Å²) in [6, 6.07) is 18.4. The topological polar surface area (TPSA) is 84.9 Å². The van der Waals surface area contributed by atoms with Crippen LogP contribution in [0.2, 0.25) is 5.02 Å². The lowest BCUT2D eigenvalue weighted by Gasteiger charge is -2.20. The maximum atomic E-state index is 13.2. The summed E-state index contributed by atoms with van der Waals surface area (Å²) in [6.45, 7) is 0. The van der Waals surface area contributed by atoms with Crippen LogP contribution in [0.25, 0.3) is 10.1 Å². The van der Waals surface area contributed by atoms with E-state index in [0.717, 1.165) is 10.1 Å². The van der Waals surface area contributed by atoms with Crippen molar-refractivity contribution in [2.75, 3.05) is 30.9 Å². The van der Waals surface area contributed by atoms with E-state index in [2.05, 4.69) is 5.32 Å². The molecule has 4 rings (SSSR count). The summed E-state index contributed by atoms with van der Waals surface area (Å²) in [5, 5.41) is 4.00. The number of nitrogens with one attached hydrogen (secondary N) is 1. The van der Waals surface area contributed by atoms with Gasteiger partial charge in [0.2, 0.25) is 0 Å². The summed E-state index contributed by atoms with van der Waals surface area (Å²) in [5.41, 5.74) is 0.978. The fourth-order valence-corrected chi connectivity index (χ4v) is 5.68. The van der Waals surface area contributed by atoms with Crippen LogP contribution in [-0.4, -0.2) is 35.6 Å². The van der Waals surface area contributed by atoms with Crippen LogP contribution < -0.4 is 19.1 Å². The first-order valence-corrected chi connectivity index (χ1v) is 12.7. The minimum absolute atomic E-state index is 0.0675. The van der Waals surface area contributed by atoms with Crippen molar-refractivity contribution >= 4 is 60.3 Å². The van der Waals surface area contributed by atoms with E-state index >= 15 is 0 Å². The van der Waals surface area contributed by atoms with Gasteiger partial charge in [-0.05, 0) is 53.9 Å². The number of fused-ring (bicyclic) bond motifs is 1. The molecule has 3 aromatic carbocycles. The van der Waals surface area contributed by atoms with E-state index in [0.29, 0.717) is 32.8 Å². The second-order valence-electron chi connectivity index (χ2n) is 7.26. The normalized spacial score (nSPS) is 11.3. The maximum absolute atomic E-state index is 13.2. The van der Waals surface area contributed by atoms with Gasteiger partial charge in [0, 0.05) is 17.8 Å². The summed E-state index contributed by atoms with van der Waals surface area (Å²) in [4.78, 5) is 13.3. The van der Waals surface area contributed by atoms with Crippen molar-refractivity contribution in [1.82, 2.24) is 0 Å². The highest BCUT2D eigenvalue weighted by atomic mass is 35.5. The average molecular weight is 517 g/mol. The van der Waals surface area contributed by atoms with Gasteiger partial charge >= 0.3 is 0 Å². The summed E-state index contributed by atoms with van der Waals surface area (Å²) in [6.07, 6.45) is 0. The molecule has 0 aliphatic carbocycles. The Balaban J connectivity index is 1.62. The highest BCUT2D eigenvalue weighted by Gasteiger charge is 2.24. The molecule has 0 atom stereocenters. The molecule has 4 aromatic rings. The zero-order chi connectivity index (χ0) is 24.5. The number of carbonyl (C=O) groups excluding carboxylic acids is 1. The van der Waals surface area contributed by atoms with Crippen LogP contribution in [0.15, 0.2) is 71.6 Å². The highest BCUT2D eigenvalue weighted by Crippen LogP contribution is 2.34. The summed E-state index contributed by atoms with van der Waals surface area (Å²) < 4.78 is 39.0. The van der Waals surface area contributed by atoms with Gasteiger partial charge in [-0.15, -0.1) is 11.3 Å². The van der Waals surface area contributed by atoms with E-state index < -0.39 is 10.0 Å². The summed E-state index contributed by atoms with van der Waals surface area (Å²) in [7, 11) is 0.540. The van der Waals surface area contributed by atoms with E-state index in [1.807, 2.05) is 0 Å². The summed E-state index contributed by atoms with van der Waals surface area (Å²) >= 11 is 7.44. The number of ether oxygens (including phenoxy) is 2. The Kier molecular flexibility index (Phi) is 6.70. The number of benzene rings is 3. The molecule has 0 bridgehead atoms. The molecule has 7 nitrogen and oxygen atoms in total. The zero-order valence-corrected chi connectivity index (χ0v) is 20.9. The number of carbonyl (C=O) groups is 1. The van der Waals surface area contributed by atoms with Crippen LogP contribution in [0.5, 0.6) is 11.5 Å². The molecule has 0 radical (unpaired) electrons. The van der Waals surface area contributed by atoms with Crippen molar-refractivity contribution < 1.29 is 22.7 Å². The maximum Gasteiger partial charge on any atom is 0.265 e. The molecule has 10 heteroatoms. The first-order valence-electron chi connectivity index (χ1n) is 10.0. The van der Waals surface area contributed by atoms with Gasteiger partial charge in [0.25, 0.3) is 15.9 Å². The van der Waals surface area contributed by atoms with Crippen molar-refractivity contribution in [3.05, 3.63) is 76.6 Å². The standard InChI is InChI=1S/C24H21ClN2O5S2/c1-27(34(29,30)17-9-10-20(31-2)21(14-17)32-3)16-8-11-22-15(12-16)13-23(33-22)24(28)26-19-7-5-4-6-18(19)25/h4-14H,1-3H3,(H,26,28). The molecule has 1 amide bonds. The van der Waals surface area contributed by atoms with E-state index in [-0.39, 0.29) is 10.8 Å². The highest BCUT2D eigenvalue weighted by molar-refractivity contribution is 7.92. The number of hydrogen-bond acceptors (Lipinski definition) is 6. The fourth-order valence-electron chi connectivity index (χ4n) is 3.36. The van der Waals surface area contributed by atoms with Crippen LogP contribution >= 0.6 is 22.9 Å². The smallest absolute Gasteiger partial charge is 0.265 e. The van der Waals surface area contributed by atoms with Crippen molar-refractivity contribution in [3.63, 3.8) is 0 Å². The molecule has 0 unspecified atom stereocenters. The Morgan fingerprint density at radius 1 is 0.971 bits per heavy atom. The van der Waals surface area contributed by atoms with Crippen molar-refractivity contribution in [3.8, 4) is 11.5 Å². The molecule has 0 aliphatic heterocycles. The van der Waals surface area contributed by atoms with Gasteiger partial charge in [0.1, 0.15) is 0 Å². The molecular weight excluding hydrogens is 496 g/mol. The third-order valence-corrected chi connectivity index (χ3v) is 8.45. The van der Waals surface area contributed by atoms with Crippen LogP contribution in [0.3, 0.4) is 0 Å². The number of para-hydroxylation sites is 1. The van der Waals surface area contributed by atoms with E-state index in [9.17, 15) is 13.2 Å². The molecule has 0 aliphatic rings. The lowest BCUT2D eigenvalue weighted by molar-refractivity contribution is 0.103. The molecule has 176 valence electrons. The molecule has 0 saturated heterocycles. The van der Waals surface area contributed by atoms with Gasteiger partial charge in [-0.3, -0.25) is 9.10 Å². The minimum Gasteiger partial charge on any atom is -0.493 e. The van der Waals surface area contributed by atoms with Crippen molar-refractivity contribution in [1.29, 1.82) is 0 Å². The van der Waals surface area contributed by atoms with Gasteiger partial charge < -0.3 is 14.8 Å². The third-order valence-electron chi connectivity index (χ3n) is 5.22. The molecular formula is C24H21ClN2O5S2. The van der Waals surface area contributed by atoms with Gasteiger partial charge in [0.05, 0.1) is 40.4 Å². The number of amides is 1. The average Bonchev–Trinajstić information content (AvgIpc) is 3.28. The van der Waals surface area contributed by atoms with Crippen molar-refractivity contribution in [2.24, 2.45) is 0 Å². The van der Waals surface area contributed by atoms with Crippen LogP contribution in [-0.2, 0) is 10.0 Å². The fraction of sp³-hybridized carbons (Fsp3) is 0.125. The predicted molar refractivity (Wildman–Crippen MR) is 136 cm³/mol. The number of hydrogen-bond donors (Lipinski definition) is 1. The molecule has 1 N–H and O–H groups in total. The lowest BCUT2D eigenvalue weighted by Crippen LogP contribution is -2.26. The SMILES string of the molecule is COc1ccc(S(=O)(=O)N(C)c2ccc3sc(C(=O)Nc4ccccc4Cl)cc3c2)cc1OC. The van der Waals surface area contributed by atoms with Gasteiger partial charge in [-0.25, -0.2) is 8.42 Å². The Bertz CT molecular complexity index is 1480. The van der Waals surface area contributed by atoms with E-state index in [4.69, 9.17) is 21.1 Å². The Hall–Kier alpha value is -3.27. The third kappa shape index (κ3) is 4.54. The number of nitrogens with zero attached hydrogens (tertiary/aromatic N) is 1. The monoisotopic (exact) mass is 516 g/mol. The molecule has 0 saturated carbocycles.